The van der Waals surface area contributed by atoms with Gasteiger partial charge >= 0.3 is 29.6 Å². The third-order valence-corrected chi connectivity index (χ3v) is 6.34. The Kier molecular flexibility index (Phi) is 14.2. The zero-order valence-corrected chi connectivity index (χ0v) is 22.3. The van der Waals surface area contributed by atoms with Gasteiger partial charge in [-0.2, -0.15) is 8.42 Å². The van der Waals surface area contributed by atoms with Crippen molar-refractivity contribution in [2.75, 3.05) is 0 Å². The summed E-state index contributed by atoms with van der Waals surface area (Å²) in [7, 11) is -4.66. The molecule has 0 aromatic heterocycles. The second-order valence-corrected chi connectivity index (χ2v) is 9.45. The molecule has 0 spiro atoms. The summed E-state index contributed by atoms with van der Waals surface area (Å²) in [5.74, 6) is -0.556. The Morgan fingerprint density at radius 3 is 1.88 bits per heavy atom. The summed E-state index contributed by atoms with van der Waals surface area (Å²) in [4.78, 5) is -0.736. The second-order valence-electron chi connectivity index (χ2n) is 8.09. The van der Waals surface area contributed by atoms with Crippen LogP contribution in [0, 0.1) is 0 Å². The summed E-state index contributed by atoms with van der Waals surface area (Å²) in [5.41, 5.74) is 1.19. The summed E-state index contributed by atoms with van der Waals surface area (Å²) in [6, 6.07) is 11.2. The molecule has 0 aliphatic rings. The first-order chi connectivity index (χ1) is 14.9. The molecule has 0 saturated heterocycles. The zero-order chi connectivity index (χ0) is 22.5. The predicted octanol–water partition coefficient (Wildman–Crippen LogP) is 3.66. The number of hydrogen-bond donors (Lipinski definition) is 1. The molecule has 0 unspecified atom stereocenters. The van der Waals surface area contributed by atoms with Crippen LogP contribution in [0.5, 0.6) is 17.2 Å². The molecule has 32 heavy (non-hydrogen) atoms. The van der Waals surface area contributed by atoms with Gasteiger partial charge in [-0.15, -0.1) is 0 Å². The zero-order valence-electron chi connectivity index (χ0n) is 19.5. The third-order valence-electron chi connectivity index (χ3n) is 5.42. The fourth-order valence-electron chi connectivity index (χ4n) is 3.67. The third kappa shape index (κ3) is 10.7. The van der Waals surface area contributed by atoms with Gasteiger partial charge in [-0.05, 0) is 36.6 Å². The molecular formula is C25H35NaO5S. The minimum Gasteiger partial charge on any atom is -0.871 e. The van der Waals surface area contributed by atoms with Crippen LogP contribution in [0.3, 0.4) is 0 Å². The SMILES string of the molecule is CCCCCCCCCCCCCc1ccc(Oc2cccc([O-])c2S(=O)(=O)O)cc1.[Na+]. The predicted molar refractivity (Wildman–Crippen MR) is 122 cm³/mol. The van der Waals surface area contributed by atoms with Crippen molar-refractivity contribution < 1.29 is 52.4 Å². The van der Waals surface area contributed by atoms with E-state index < -0.39 is 20.8 Å². The van der Waals surface area contributed by atoms with Crippen LogP contribution >= 0.6 is 0 Å². The maximum atomic E-state index is 11.8. The standard InChI is InChI=1S/C25H36O5S.Na/c1-2-3-4-5-6-7-8-9-10-11-12-14-21-17-19-22(20-18-21)30-24-16-13-15-23(26)25(24)31(27,28)29;/h13,15-20,26H,2-12,14H2,1H3,(H,27,28,29);/q;+1/p-1. The van der Waals surface area contributed by atoms with Crippen LogP contribution in [0.1, 0.15) is 83.1 Å². The van der Waals surface area contributed by atoms with Gasteiger partial charge in [0.1, 0.15) is 16.4 Å². The fourth-order valence-corrected chi connectivity index (χ4v) is 4.36. The first kappa shape index (κ1) is 29.0. The van der Waals surface area contributed by atoms with Gasteiger partial charge in [0, 0.05) is 0 Å². The number of benzene rings is 2. The van der Waals surface area contributed by atoms with Crippen LogP contribution < -0.4 is 39.4 Å². The summed E-state index contributed by atoms with van der Waals surface area (Å²) >= 11 is 0. The van der Waals surface area contributed by atoms with Crippen LogP contribution in [-0.4, -0.2) is 13.0 Å². The minimum atomic E-state index is -4.66. The Morgan fingerprint density at radius 2 is 1.34 bits per heavy atom. The molecular weight excluding hydrogens is 435 g/mol. The molecule has 0 bridgehead atoms. The molecule has 2 aromatic carbocycles. The van der Waals surface area contributed by atoms with Crippen molar-refractivity contribution in [3.63, 3.8) is 0 Å². The smallest absolute Gasteiger partial charge is 0.871 e. The van der Waals surface area contributed by atoms with Crippen LogP contribution in [0.15, 0.2) is 47.4 Å². The van der Waals surface area contributed by atoms with E-state index >= 15 is 0 Å². The van der Waals surface area contributed by atoms with Crippen molar-refractivity contribution in [3.05, 3.63) is 48.0 Å². The van der Waals surface area contributed by atoms with Crippen molar-refractivity contribution in [2.24, 2.45) is 0 Å². The van der Waals surface area contributed by atoms with E-state index in [1.165, 1.54) is 81.9 Å². The van der Waals surface area contributed by atoms with Crippen LogP contribution in [0.25, 0.3) is 0 Å². The molecule has 7 heteroatoms. The van der Waals surface area contributed by atoms with Gasteiger partial charge in [-0.1, -0.05) is 101 Å². The van der Waals surface area contributed by atoms with Gasteiger partial charge in [0.2, 0.25) is 0 Å². The second kappa shape index (κ2) is 15.7. The van der Waals surface area contributed by atoms with Crippen molar-refractivity contribution in [3.8, 4) is 17.2 Å². The van der Waals surface area contributed by atoms with Gasteiger partial charge in [0.25, 0.3) is 10.1 Å². The maximum absolute atomic E-state index is 11.8. The Labute approximate surface area is 215 Å². The molecule has 2 aromatic rings. The van der Waals surface area contributed by atoms with E-state index in [0.29, 0.717) is 5.75 Å². The largest absolute Gasteiger partial charge is 1.00 e. The Morgan fingerprint density at radius 1 is 0.812 bits per heavy atom. The topological polar surface area (TPSA) is 86.7 Å². The van der Waals surface area contributed by atoms with Gasteiger partial charge in [-0.25, -0.2) is 0 Å². The molecule has 0 fully saturated rings. The Hall–Kier alpha value is -1.05. The van der Waals surface area contributed by atoms with Crippen LogP contribution in [0.4, 0.5) is 0 Å². The quantitative estimate of drug-likeness (QED) is 0.244. The first-order valence-electron chi connectivity index (χ1n) is 11.5. The molecule has 1 N–H and O–H groups in total. The van der Waals surface area contributed by atoms with E-state index in [0.717, 1.165) is 18.9 Å². The summed E-state index contributed by atoms with van der Waals surface area (Å²) < 4.78 is 37.8. The van der Waals surface area contributed by atoms with E-state index in [4.69, 9.17) is 4.74 Å². The number of hydrogen-bond acceptors (Lipinski definition) is 4. The van der Waals surface area contributed by atoms with Gasteiger partial charge in [0.05, 0.1) is 0 Å². The minimum absolute atomic E-state index is 0. The van der Waals surface area contributed by atoms with E-state index in [2.05, 4.69) is 6.92 Å². The maximum Gasteiger partial charge on any atom is 1.00 e. The van der Waals surface area contributed by atoms with E-state index in [1.54, 1.807) is 12.1 Å². The summed E-state index contributed by atoms with van der Waals surface area (Å²) in [5, 5.41) is 11.8. The number of ether oxygens (including phenoxy) is 1. The fraction of sp³-hybridized carbons (Fsp3) is 0.520. The monoisotopic (exact) mass is 470 g/mol. The van der Waals surface area contributed by atoms with Gasteiger partial charge in [-0.3, -0.25) is 4.55 Å². The molecule has 0 aliphatic heterocycles. The van der Waals surface area contributed by atoms with Crippen molar-refractivity contribution in [2.45, 2.75) is 88.9 Å². The summed E-state index contributed by atoms with van der Waals surface area (Å²) in [6.07, 6.45) is 15.5. The van der Waals surface area contributed by atoms with Crippen LogP contribution in [0.2, 0.25) is 0 Å². The first-order valence-corrected chi connectivity index (χ1v) is 12.9. The normalized spacial score (nSPS) is 11.2. The molecule has 0 aliphatic carbocycles. The molecule has 5 nitrogen and oxygen atoms in total. The molecule has 2 rings (SSSR count). The van der Waals surface area contributed by atoms with Crippen molar-refractivity contribution >= 4 is 10.1 Å². The molecule has 0 saturated carbocycles. The number of rotatable bonds is 15. The molecule has 0 atom stereocenters. The average molecular weight is 471 g/mol. The van der Waals surface area contributed by atoms with Gasteiger partial charge < -0.3 is 9.84 Å². The molecule has 0 amide bonds. The Bertz CT molecular complexity index is 882. The van der Waals surface area contributed by atoms with E-state index in [1.807, 2.05) is 12.1 Å². The Balaban J connectivity index is 0.00000512. The van der Waals surface area contributed by atoms with Crippen LogP contribution in [-0.2, 0) is 16.5 Å². The van der Waals surface area contributed by atoms with E-state index in [9.17, 15) is 18.1 Å². The summed E-state index contributed by atoms with van der Waals surface area (Å²) in [6.45, 7) is 2.25. The number of unbranched alkanes of at least 4 members (excludes halogenated alkanes) is 10. The molecule has 172 valence electrons. The van der Waals surface area contributed by atoms with Crippen molar-refractivity contribution in [1.29, 1.82) is 0 Å². The average Bonchev–Trinajstić information content (AvgIpc) is 2.72. The molecule has 0 heterocycles. The van der Waals surface area contributed by atoms with E-state index in [-0.39, 0.29) is 35.3 Å². The molecule has 0 radical (unpaired) electrons. The number of aryl methyl sites for hydroxylation is 1. The van der Waals surface area contributed by atoms with Crippen molar-refractivity contribution in [1.82, 2.24) is 0 Å². The van der Waals surface area contributed by atoms with Gasteiger partial charge in [0.15, 0.2) is 0 Å².